The molecule has 32 heavy (non-hydrogen) atoms. The lowest BCUT2D eigenvalue weighted by Gasteiger charge is -2.38. The van der Waals surface area contributed by atoms with Crippen LogP contribution in [0, 0.1) is 10.1 Å². The van der Waals surface area contributed by atoms with Crippen molar-refractivity contribution in [2.45, 2.75) is 25.9 Å². The Morgan fingerprint density at radius 2 is 2.00 bits per heavy atom. The van der Waals surface area contributed by atoms with E-state index >= 15 is 0 Å². The molecular weight excluding hydrogens is 410 g/mol. The maximum absolute atomic E-state index is 11.0. The van der Waals surface area contributed by atoms with Gasteiger partial charge in [0, 0.05) is 48.7 Å². The van der Waals surface area contributed by atoms with Gasteiger partial charge in [0.25, 0.3) is 5.69 Å². The van der Waals surface area contributed by atoms with Crippen LogP contribution in [0.5, 0.6) is 0 Å². The first-order valence-corrected chi connectivity index (χ1v) is 10.6. The Kier molecular flexibility index (Phi) is 5.36. The summed E-state index contributed by atoms with van der Waals surface area (Å²) >= 11 is 0. The minimum absolute atomic E-state index is 0.0440. The summed E-state index contributed by atoms with van der Waals surface area (Å²) in [6, 6.07) is 6.58. The molecule has 2 aliphatic heterocycles. The molecular formula is C22H23N7O3. The van der Waals surface area contributed by atoms with Crippen molar-refractivity contribution in [1.82, 2.24) is 19.9 Å². The Balaban J connectivity index is 1.57. The molecule has 2 aromatic heterocycles. The van der Waals surface area contributed by atoms with Gasteiger partial charge in [-0.05, 0) is 25.5 Å². The molecule has 2 aliphatic rings. The van der Waals surface area contributed by atoms with E-state index in [0.717, 1.165) is 48.0 Å². The number of morpholine rings is 1. The Labute approximate surface area is 185 Å². The molecule has 0 spiro atoms. The smallest absolute Gasteiger partial charge is 0.269 e. The normalized spacial score (nSPS) is 18.3. The monoisotopic (exact) mass is 433 g/mol. The molecule has 5 rings (SSSR count). The molecule has 0 saturated carbocycles. The van der Waals surface area contributed by atoms with Crippen molar-refractivity contribution in [3.8, 4) is 11.4 Å². The third-order valence-electron chi connectivity index (χ3n) is 5.89. The second-order valence-electron chi connectivity index (χ2n) is 7.95. The number of benzene rings is 1. The average Bonchev–Trinajstić information content (AvgIpc) is 2.84. The van der Waals surface area contributed by atoms with E-state index in [-0.39, 0.29) is 11.7 Å². The maximum atomic E-state index is 11.0. The van der Waals surface area contributed by atoms with Crippen molar-refractivity contribution in [3.05, 3.63) is 64.2 Å². The van der Waals surface area contributed by atoms with Gasteiger partial charge >= 0.3 is 0 Å². The number of aromatic nitrogens is 4. The SMILES string of the molecule is C[C@H]1COCCN1c1nc(-c2ccc([N+](=O)[O-])cc2)nc2c1CCN(c1cnccn1)C2. The highest BCUT2D eigenvalue weighted by Crippen LogP contribution is 2.32. The van der Waals surface area contributed by atoms with Gasteiger partial charge in [-0.2, -0.15) is 0 Å². The molecule has 0 aliphatic carbocycles. The number of hydrogen-bond acceptors (Lipinski definition) is 9. The van der Waals surface area contributed by atoms with Crippen LogP contribution in [0.3, 0.4) is 0 Å². The zero-order chi connectivity index (χ0) is 22.1. The molecule has 164 valence electrons. The van der Waals surface area contributed by atoms with Gasteiger partial charge < -0.3 is 14.5 Å². The van der Waals surface area contributed by atoms with Crippen LogP contribution in [0.4, 0.5) is 17.3 Å². The quantitative estimate of drug-likeness (QED) is 0.453. The zero-order valence-electron chi connectivity index (χ0n) is 17.7. The van der Waals surface area contributed by atoms with Crippen molar-refractivity contribution in [2.75, 3.05) is 36.1 Å². The summed E-state index contributed by atoms with van der Waals surface area (Å²) in [6.45, 7) is 5.60. The number of nitro benzene ring substituents is 1. The molecule has 1 saturated heterocycles. The van der Waals surface area contributed by atoms with Crippen molar-refractivity contribution >= 4 is 17.3 Å². The summed E-state index contributed by atoms with van der Waals surface area (Å²) in [5, 5.41) is 11.0. The molecule has 1 fully saturated rings. The fourth-order valence-corrected chi connectivity index (χ4v) is 4.20. The number of nitrogens with zero attached hydrogens (tertiary/aromatic N) is 7. The first-order chi connectivity index (χ1) is 15.6. The fraction of sp³-hybridized carbons (Fsp3) is 0.364. The third-order valence-corrected chi connectivity index (χ3v) is 5.89. The summed E-state index contributed by atoms with van der Waals surface area (Å²) in [7, 11) is 0. The molecule has 0 unspecified atom stereocenters. The van der Waals surface area contributed by atoms with E-state index in [1.165, 1.54) is 12.1 Å². The van der Waals surface area contributed by atoms with Gasteiger partial charge in [0.1, 0.15) is 11.6 Å². The lowest BCUT2D eigenvalue weighted by atomic mass is 10.0. The van der Waals surface area contributed by atoms with Crippen LogP contribution in [0.15, 0.2) is 42.9 Å². The van der Waals surface area contributed by atoms with E-state index in [4.69, 9.17) is 14.7 Å². The molecule has 0 N–H and O–H groups in total. The van der Waals surface area contributed by atoms with E-state index in [1.54, 1.807) is 30.7 Å². The van der Waals surface area contributed by atoms with Gasteiger partial charge in [-0.25, -0.2) is 15.0 Å². The minimum atomic E-state index is -0.406. The van der Waals surface area contributed by atoms with Gasteiger partial charge in [0.05, 0.1) is 42.6 Å². The van der Waals surface area contributed by atoms with E-state index in [0.29, 0.717) is 25.6 Å². The molecule has 3 aromatic rings. The van der Waals surface area contributed by atoms with E-state index < -0.39 is 4.92 Å². The van der Waals surface area contributed by atoms with E-state index in [9.17, 15) is 10.1 Å². The Morgan fingerprint density at radius 3 is 2.72 bits per heavy atom. The maximum Gasteiger partial charge on any atom is 0.269 e. The van der Waals surface area contributed by atoms with Crippen LogP contribution >= 0.6 is 0 Å². The second kappa shape index (κ2) is 8.46. The van der Waals surface area contributed by atoms with E-state index in [1.807, 2.05) is 0 Å². The first kappa shape index (κ1) is 20.3. The van der Waals surface area contributed by atoms with Crippen LogP contribution < -0.4 is 9.80 Å². The van der Waals surface area contributed by atoms with Crippen molar-refractivity contribution in [2.24, 2.45) is 0 Å². The lowest BCUT2D eigenvalue weighted by molar-refractivity contribution is -0.384. The highest BCUT2D eigenvalue weighted by atomic mass is 16.6. The van der Waals surface area contributed by atoms with Crippen LogP contribution in [0.25, 0.3) is 11.4 Å². The highest BCUT2D eigenvalue weighted by Gasteiger charge is 2.29. The number of fused-ring (bicyclic) bond motifs is 1. The van der Waals surface area contributed by atoms with E-state index in [2.05, 4.69) is 26.7 Å². The Bertz CT molecular complexity index is 1120. The lowest BCUT2D eigenvalue weighted by Crippen LogP contribution is -2.45. The van der Waals surface area contributed by atoms with Gasteiger partial charge in [0.2, 0.25) is 0 Å². The molecule has 10 heteroatoms. The van der Waals surface area contributed by atoms with Crippen molar-refractivity contribution in [3.63, 3.8) is 0 Å². The average molecular weight is 433 g/mol. The number of non-ortho nitro benzene ring substituents is 1. The van der Waals surface area contributed by atoms with Crippen LogP contribution in [0.1, 0.15) is 18.2 Å². The van der Waals surface area contributed by atoms with Crippen molar-refractivity contribution in [1.29, 1.82) is 0 Å². The highest BCUT2D eigenvalue weighted by molar-refractivity contribution is 5.63. The standard InChI is InChI=1S/C22H23N7O3/c1-15-14-32-11-10-28(15)22-18-6-9-27(20-12-23-7-8-24-20)13-19(18)25-21(26-22)16-2-4-17(5-3-16)29(30)31/h2-5,7-8,12,15H,6,9-11,13-14H2,1H3/t15-/m0/s1. The summed E-state index contributed by atoms with van der Waals surface area (Å²) in [4.78, 5) is 33.5. The summed E-state index contributed by atoms with van der Waals surface area (Å²) < 4.78 is 5.63. The fourth-order valence-electron chi connectivity index (χ4n) is 4.20. The topological polar surface area (TPSA) is 110 Å². The third kappa shape index (κ3) is 3.84. The molecule has 4 heterocycles. The molecule has 10 nitrogen and oxygen atoms in total. The predicted molar refractivity (Wildman–Crippen MR) is 119 cm³/mol. The largest absolute Gasteiger partial charge is 0.377 e. The molecule has 0 bridgehead atoms. The predicted octanol–water partition coefficient (Wildman–Crippen LogP) is 2.63. The zero-order valence-corrected chi connectivity index (χ0v) is 17.7. The number of rotatable bonds is 4. The number of nitro groups is 1. The summed E-state index contributed by atoms with van der Waals surface area (Å²) in [5.41, 5.74) is 2.88. The van der Waals surface area contributed by atoms with Crippen molar-refractivity contribution < 1.29 is 9.66 Å². The number of ether oxygens (including phenoxy) is 1. The number of hydrogen-bond donors (Lipinski definition) is 0. The first-order valence-electron chi connectivity index (χ1n) is 10.6. The van der Waals surface area contributed by atoms with Gasteiger partial charge in [-0.3, -0.25) is 15.1 Å². The van der Waals surface area contributed by atoms with Gasteiger partial charge in [-0.1, -0.05) is 0 Å². The van der Waals surface area contributed by atoms with Gasteiger partial charge in [0.15, 0.2) is 5.82 Å². The Morgan fingerprint density at radius 1 is 1.16 bits per heavy atom. The van der Waals surface area contributed by atoms with Crippen LogP contribution in [-0.4, -0.2) is 57.2 Å². The molecule has 0 radical (unpaired) electrons. The summed E-state index contributed by atoms with van der Waals surface area (Å²) in [6.07, 6.45) is 5.91. The summed E-state index contributed by atoms with van der Waals surface area (Å²) in [5.74, 6) is 2.31. The Hall–Kier alpha value is -3.66. The second-order valence-corrected chi connectivity index (χ2v) is 7.95. The molecule has 0 amide bonds. The molecule has 1 atom stereocenters. The van der Waals surface area contributed by atoms with Gasteiger partial charge in [-0.15, -0.1) is 0 Å². The minimum Gasteiger partial charge on any atom is -0.377 e. The number of anilines is 2. The van der Waals surface area contributed by atoms with Crippen LogP contribution in [-0.2, 0) is 17.7 Å². The van der Waals surface area contributed by atoms with Crippen LogP contribution in [0.2, 0.25) is 0 Å². The molecule has 1 aromatic carbocycles.